The van der Waals surface area contributed by atoms with E-state index in [1.165, 1.54) is 23.1 Å². The fraction of sp³-hybridized carbons (Fsp3) is 0.379. The maximum absolute atomic E-state index is 14.1. The average molecular weight is 700 g/mol. The molecule has 1 aromatic heterocycles. The maximum atomic E-state index is 14.1. The predicted octanol–water partition coefficient (Wildman–Crippen LogP) is 4.84. The zero-order valence-corrected chi connectivity index (χ0v) is 27.2. The van der Waals surface area contributed by atoms with Gasteiger partial charge in [-0.25, -0.2) is 4.72 Å². The number of rotatable bonds is 6. The molecule has 2 aliphatic heterocycles. The molecule has 17 heteroatoms. The van der Waals surface area contributed by atoms with Crippen LogP contribution in [0.2, 0.25) is 5.02 Å². The minimum atomic E-state index is -4.75. The van der Waals surface area contributed by atoms with Crippen molar-refractivity contribution < 1.29 is 45.0 Å². The minimum Gasteiger partial charge on any atom is -0.529 e. The van der Waals surface area contributed by atoms with Crippen LogP contribution < -0.4 is 9.83 Å². The molecule has 0 spiro atoms. The van der Waals surface area contributed by atoms with Crippen LogP contribution in [0.5, 0.6) is 0 Å². The van der Waals surface area contributed by atoms with E-state index in [4.69, 9.17) is 11.6 Å². The van der Waals surface area contributed by atoms with E-state index in [2.05, 4.69) is 10.2 Å². The number of hydrogen-bond donors (Lipinski definition) is 2. The smallest absolute Gasteiger partial charge is 0.416 e. The van der Waals surface area contributed by atoms with E-state index in [1.54, 1.807) is 39.0 Å². The highest BCUT2D eigenvalue weighted by Gasteiger charge is 2.55. The van der Waals surface area contributed by atoms with E-state index in [9.17, 15) is 41.1 Å². The molecule has 46 heavy (non-hydrogen) atoms. The highest BCUT2D eigenvalue weighted by molar-refractivity contribution is 8.18. The van der Waals surface area contributed by atoms with Crippen molar-refractivity contribution in [1.29, 1.82) is 0 Å². The molecule has 2 saturated heterocycles. The number of carbonyl (C=O) groups is 3. The van der Waals surface area contributed by atoms with Gasteiger partial charge in [0, 0.05) is 23.3 Å². The Morgan fingerprint density at radius 2 is 1.83 bits per heavy atom. The van der Waals surface area contributed by atoms with Gasteiger partial charge in [0.05, 0.1) is 41.3 Å². The lowest BCUT2D eigenvalue weighted by atomic mass is 9.93. The molecular weight excluding hydrogens is 671 g/mol. The summed E-state index contributed by atoms with van der Waals surface area (Å²) in [6, 6.07) is 7.58. The zero-order chi connectivity index (χ0) is 33.8. The van der Waals surface area contributed by atoms with Crippen molar-refractivity contribution >= 4 is 67.3 Å². The number of H-pyrrole nitrogens is 1. The second-order valence-corrected chi connectivity index (χ2v) is 15.4. The molecule has 0 unspecified atom stereocenters. The number of thioether (sulfide) groups is 1. The van der Waals surface area contributed by atoms with E-state index in [1.807, 2.05) is 0 Å². The molecule has 0 bridgehead atoms. The third-order valence-corrected chi connectivity index (χ3v) is 12.0. The number of imide groups is 1. The predicted molar refractivity (Wildman–Crippen MR) is 163 cm³/mol. The Labute approximate surface area is 271 Å². The Balaban J connectivity index is 1.54. The van der Waals surface area contributed by atoms with Crippen molar-refractivity contribution in [1.82, 2.24) is 19.8 Å². The fourth-order valence-electron chi connectivity index (χ4n) is 6.17. The van der Waals surface area contributed by atoms with E-state index in [-0.39, 0.29) is 53.4 Å². The number of hydrogen-bond acceptors (Lipinski definition) is 8. The molecule has 2 aliphatic rings. The van der Waals surface area contributed by atoms with Gasteiger partial charge in [0.15, 0.2) is 6.09 Å². The first-order valence-corrected chi connectivity index (χ1v) is 16.7. The highest BCUT2D eigenvalue weighted by atomic mass is 35.5. The Hall–Kier alpha value is -3.60. The van der Waals surface area contributed by atoms with Gasteiger partial charge in [-0.05, 0) is 79.9 Å². The van der Waals surface area contributed by atoms with Crippen molar-refractivity contribution in [2.24, 2.45) is 0 Å². The maximum Gasteiger partial charge on any atom is 0.416 e. The lowest BCUT2D eigenvalue weighted by Gasteiger charge is -2.50. The molecular formula is C29H29ClF3N5O6S2. The molecule has 3 aromatic rings. The van der Waals surface area contributed by atoms with Gasteiger partial charge in [0.25, 0.3) is 11.1 Å². The lowest BCUT2D eigenvalue weighted by Crippen LogP contribution is -2.71. The van der Waals surface area contributed by atoms with Crippen molar-refractivity contribution in [2.45, 2.75) is 57.8 Å². The summed E-state index contributed by atoms with van der Waals surface area (Å²) in [4.78, 5) is 39.6. The number of quaternary nitrogens is 1. The van der Waals surface area contributed by atoms with E-state index < -0.39 is 54.7 Å². The largest absolute Gasteiger partial charge is 0.529 e. The van der Waals surface area contributed by atoms with Crippen LogP contribution in [0.4, 0.5) is 22.8 Å². The number of benzene rings is 2. The first-order chi connectivity index (χ1) is 21.3. The zero-order valence-electron chi connectivity index (χ0n) is 24.8. The molecule has 0 saturated carbocycles. The van der Waals surface area contributed by atoms with E-state index in [0.29, 0.717) is 28.2 Å². The number of nitrogens with one attached hydrogen (secondary N) is 2. The van der Waals surface area contributed by atoms with Crippen LogP contribution in [0.25, 0.3) is 16.5 Å². The van der Waals surface area contributed by atoms with Crippen LogP contribution in [0.15, 0.2) is 47.5 Å². The number of aromatic nitrogens is 2. The topological polar surface area (TPSA) is 152 Å². The number of alkyl halides is 3. The minimum absolute atomic E-state index is 0.0300. The molecule has 0 atom stereocenters. The van der Waals surface area contributed by atoms with Crippen molar-refractivity contribution in [2.75, 3.05) is 13.1 Å². The Morgan fingerprint density at radius 1 is 1.15 bits per heavy atom. The fourth-order valence-corrected chi connectivity index (χ4v) is 9.15. The number of likely N-dealkylation sites (tertiary alicyclic amines) is 1. The second kappa shape index (κ2) is 11.9. The van der Waals surface area contributed by atoms with Gasteiger partial charge in [-0.15, -0.1) is 0 Å². The normalized spacial score (nSPS) is 22.4. The molecule has 2 fully saturated rings. The van der Waals surface area contributed by atoms with E-state index >= 15 is 0 Å². The Kier molecular flexibility index (Phi) is 8.72. The molecule has 2 N–H and O–H groups in total. The standard InChI is InChI=1S/C29H29ClF3N5O6S2/c1-28(2,3)38(46(43,44)36-26(40)41)10-8-20(9-11-38)37-25(39)24(45-27(37)42)21(16-5-7-23-18(12-16)15-34-35-23)13-17-4-6-19(30)14-22(17)29(31,32)33/h4-7,12,14-15,20,36H,8-11,13H2,1-3H3,(H-,34,35,39,40,41). The number of nitrogens with zero attached hydrogens (tertiary/aromatic N) is 3. The van der Waals surface area contributed by atoms with Crippen LogP contribution in [0.3, 0.4) is 0 Å². The van der Waals surface area contributed by atoms with Crippen molar-refractivity contribution in [3.05, 3.63) is 69.2 Å². The van der Waals surface area contributed by atoms with Crippen LogP contribution >= 0.6 is 23.4 Å². The molecule has 246 valence electrons. The molecule has 11 nitrogen and oxygen atoms in total. The molecule has 3 amide bonds. The van der Waals surface area contributed by atoms with Crippen LogP contribution in [-0.2, 0) is 27.6 Å². The lowest BCUT2D eigenvalue weighted by molar-refractivity contribution is -0.862. The van der Waals surface area contributed by atoms with Crippen molar-refractivity contribution in [3.8, 4) is 0 Å². The summed E-state index contributed by atoms with van der Waals surface area (Å²) in [5, 5.41) is 17.8. The summed E-state index contributed by atoms with van der Waals surface area (Å²) in [7, 11) is -4.49. The van der Waals surface area contributed by atoms with Gasteiger partial charge in [0.2, 0.25) is 0 Å². The van der Waals surface area contributed by atoms with Gasteiger partial charge in [-0.3, -0.25) is 19.6 Å². The summed E-state index contributed by atoms with van der Waals surface area (Å²) in [6.07, 6.45) is -5.49. The number of fused-ring (bicyclic) bond motifs is 1. The van der Waals surface area contributed by atoms with Gasteiger partial charge in [0.1, 0.15) is 5.54 Å². The van der Waals surface area contributed by atoms with Crippen LogP contribution in [0, 0.1) is 0 Å². The molecule has 2 aromatic carbocycles. The summed E-state index contributed by atoms with van der Waals surface area (Å²) in [6.45, 7) is 4.67. The third kappa shape index (κ3) is 6.10. The first-order valence-electron chi connectivity index (χ1n) is 14.0. The summed E-state index contributed by atoms with van der Waals surface area (Å²) < 4.78 is 69.4. The summed E-state index contributed by atoms with van der Waals surface area (Å²) in [5.74, 6) is -0.712. The number of piperidine rings is 1. The quantitative estimate of drug-likeness (QED) is 0.274. The Morgan fingerprint density at radius 3 is 2.43 bits per heavy atom. The van der Waals surface area contributed by atoms with Gasteiger partial charge in [-0.2, -0.15) is 30.6 Å². The number of aromatic amines is 1. The molecule has 3 heterocycles. The average Bonchev–Trinajstić information content (AvgIpc) is 3.53. The number of carboxylic acid groups (broad SMARTS) is 1. The second-order valence-electron chi connectivity index (χ2n) is 12.1. The van der Waals surface area contributed by atoms with Gasteiger partial charge < -0.3 is 9.90 Å². The number of carbonyl (C=O) groups excluding carboxylic acids is 3. The van der Waals surface area contributed by atoms with Gasteiger partial charge in [-0.1, -0.05) is 23.7 Å². The molecule has 0 aliphatic carbocycles. The van der Waals surface area contributed by atoms with Gasteiger partial charge >= 0.3 is 16.4 Å². The Bertz CT molecular complexity index is 1880. The van der Waals surface area contributed by atoms with Crippen molar-refractivity contribution in [3.63, 3.8) is 0 Å². The highest BCUT2D eigenvalue weighted by Crippen LogP contribution is 2.44. The summed E-state index contributed by atoms with van der Waals surface area (Å²) in [5.41, 5.74) is -0.854. The molecule has 5 rings (SSSR count). The van der Waals surface area contributed by atoms with Crippen LogP contribution in [0.1, 0.15) is 50.3 Å². The van der Waals surface area contributed by atoms with Crippen LogP contribution in [-0.4, -0.2) is 69.3 Å². The number of halogens is 4. The summed E-state index contributed by atoms with van der Waals surface area (Å²) >= 11 is 6.50. The van der Waals surface area contributed by atoms with E-state index in [0.717, 1.165) is 11.0 Å². The first kappa shape index (κ1) is 33.8. The third-order valence-electron chi connectivity index (χ3n) is 8.51. The monoisotopic (exact) mass is 699 g/mol. The number of allylic oxidation sites excluding steroid dienone is 1. The molecule has 0 radical (unpaired) electrons. The SMILES string of the molecule is CC(C)(C)[N+]1(S(=O)(=O)NC(=O)[O-])CCC(N2C(=O)S/C(=C(/Cc3ccc(Cl)cc3C(F)(F)F)c3ccc4[nH]ncc4c3)C2=O)CC1. The number of amides is 3.